The third-order valence-electron chi connectivity index (χ3n) is 5.83. The second-order valence-corrected chi connectivity index (χ2v) is 9.86. The number of carbonyl (C=O) groups is 2. The normalized spacial score (nSPS) is 16.5. The third-order valence-corrected chi connectivity index (χ3v) is 7.16. The number of hydrogen-bond acceptors (Lipinski definition) is 6. The Hall–Kier alpha value is -3.43. The minimum Gasteiger partial charge on any atom is -0.480 e. The second kappa shape index (κ2) is 10.5. The van der Waals surface area contributed by atoms with E-state index in [1.165, 1.54) is 4.90 Å². The van der Waals surface area contributed by atoms with E-state index in [0.29, 0.717) is 34.2 Å². The first-order valence-electron chi connectivity index (χ1n) is 11.2. The number of thioether (sulfide) groups is 1. The van der Waals surface area contributed by atoms with Gasteiger partial charge in [-0.15, -0.1) is 0 Å². The van der Waals surface area contributed by atoms with Crippen LogP contribution in [0.3, 0.4) is 0 Å². The van der Waals surface area contributed by atoms with Gasteiger partial charge in [0.15, 0.2) is 0 Å². The lowest BCUT2D eigenvalue weighted by atomic mass is 9.98. The maximum atomic E-state index is 13.4. The Bertz CT molecular complexity index is 1290. The lowest BCUT2D eigenvalue weighted by Crippen LogP contribution is -2.47. The molecule has 1 aliphatic heterocycles. The maximum Gasteiger partial charge on any atom is 0.327 e. The molecule has 1 unspecified atom stereocenters. The summed E-state index contributed by atoms with van der Waals surface area (Å²) in [6, 6.07) is 17.9. The van der Waals surface area contributed by atoms with Crippen LogP contribution in [0.15, 0.2) is 65.6 Å². The zero-order valence-electron chi connectivity index (χ0n) is 19.5. The number of nitrogens with zero attached hydrogens (tertiary/aromatic N) is 3. The van der Waals surface area contributed by atoms with Crippen LogP contribution in [0.5, 0.6) is 11.6 Å². The lowest BCUT2D eigenvalue weighted by molar-refractivity contribution is -0.147. The van der Waals surface area contributed by atoms with Crippen molar-refractivity contribution in [3.8, 4) is 17.3 Å². The zero-order chi connectivity index (χ0) is 25.1. The highest BCUT2D eigenvalue weighted by Gasteiger charge is 2.42. The minimum absolute atomic E-state index is 0.229. The average Bonchev–Trinajstić information content (AvgIpc) is 3.31. The Balaban J connectivity index is 1.79. The quantitative estimate of drug-likeness (QED) is 0.310. The molecule has 180 valence electrons. The topological polar surface area (TPSA) is 84.7 Å². The Morgan fingerprint density at radius 3 is 2.40 bits per heavy atom. The Labute approximate surface area is 213 Å². The van der Waals surface area contributed by atoms with E-state index in [0.717, 1.165) is 17.4 Å². The van der Waals surface area contributed by atoms with Crippen LogP contribution < -0.4 is 4.74 Å². The van der Waals surface area contributed by atoms with Crippen LogP contribution in [0.2, 0.25) is 0 Å². The predicted molar refractivity (Wildman–Crippen MR) is 141 cm³/mol. The van der Waals surface area contributed by atoms with Crippen LogP contribution in [0, 0.1) is 12.8 Å². The van der Waals surface area contributed by atoms with E-state index < -0.39 is 17.9 Å². The van der Waals surface area contributed by atoms with Crippen molar-refractivity contribution in [2.45, 2.75) is 33.2 Å². The van der Waals surface area contributed by atoms with Crippen LogP contribution in [0.4, 0.5) is 0 Å². The van der Waals surface area contributed by atoms with Crippen LogP contribution in [-0.2, 0) is 9.59 Å². The van der Waals surface area contributed by atoms with Gasteiger partial charge in [-0.3, -0.25) is 9.69 Å². The Kier molecular flexibility index (Phi) is 7.37. The number of amides is 1. The number of carbonyl (C=O) groups excluding carboxylic acids is 1. The molecule has 1 saturated heterocycles. The van der Waals surface area contributed by atoms with Gasteiger partial charge < -0.3 is 9.84 Å². The number of thiocarbonyl (C=S) groups is 1. The van der Waals surface area contributed by atoms with Crippen molar-refractivity contribution in [2.24, 2.45) is 5.92 Å². The summed E-state index contributed by atoms with van der Waals surface area (Å²) in [7, 11) is 0. The molecule has 1 aromatic heterocycles. The minimum atomic E-state index is -1.07. The number of ether oxygens (including phenoxy) is 1. The monoisotopic (exact) mass is 507 g/mol. The van der Waals surface area contributed by atoms with E-state index in [2.05, 4.69) is 5.10 Å². The molecule has 1 amide bonds. The Morgan fingerprint density at radius 1 is 1.17 bits per heavy atom. The molecule has 0 bridgehead atoms. The molecule has 2 aromatic carbocycles. The lowest BCUT2D eigenvalue weighted by Gasteiger charge is -2.27. The van der Waals surface area contributed by atoms with Crippen LogP contribution in [-0.4, -0.2) is 42.0 Å². The van der Waals surface area contributed by atoms with Gasteiger partial charge in [0, 0.05) is 0 Å². The molecule has 0 aliphatic carbocycles. The van der Waals surface area contributed by atoms with E-state index in [1.54, 1.807) is 17.7 Å². The summed E-state index contributed by atoms with van der Waals surface area (Å²) in [5, 5.41) is 14.5. The number of benzene rings is 2. The fourth-order valence-electron chi connectivity index (χ4n) is 3.81. The third kappa shape index (κ3) is 5.01. The van der Waals surface area contributed by atoms with Crippen molar-refractivity contribution in [1.82, 2.24) is 14.7 Å². The van der Waals surface area contributed by atoms with Gasteiger partial charge in [-0.05, 0) is 43.2 Å². The van der Waals surface area contributed by atoms with Crippen molar-refractivity contribution >= 4 is 46.3 Å². The maximum absolute atomic E-state index is 13.4. The zero-order valence-corrected chi connectivity index (χ0v) is 21.2. The largest absolute Gasteiger partial charge is 0.480 e. The van der Waals surface area contributed by atoms with Gasteiger partial charge in [0.1, 0.15) is 16.1 Å². The van der Waals surface area contributed by atoms with Crippen molar-refractivity contribution < 1.29 is 19.4 Å². The molecule has 2 atom stereocenters. The molecular formula is C26H25N3O4S2. The number of carboxylic acid groups (broad SMARTS) is 1. The standard InChI is InChI=1S/C26H25N3O4S2/c1-4-16(2)22(25(31)32)28-23(30)21(35-26(28)34)15-20-17(3)27-29(18-11-7-5-8-12-18)24(20)33-19-13-9-6-10-14-19/h5-16,22H,4H2,1-3H3,(H,31,32)/b21-15-/t16?,22-/m0/s1. The van der Waals surface area contributed by atoms with Gasteiger partial charge in [0.2, 0.25) is 5.88 Å². The highest BCUT2D eigenvalue weighted by Crippen LogP contribution is 2.39. The molecule has 1 fully saturated rings. The molecule has 9 heteroatoms. The summed E-state index contributed by atoms with van der Waals surface area (Å²) in [6.45, 7) is 5.53. The second-order valence-electron chi connectivity index (χ2n) is 8.19. The fraction of sp³-hybridized carbons (Fsp3) is 0.231. The summed E-state index contributed by atoms with van der Waals surface area (Å²) >= 11 is 6.53. The van der Waals surface area contributed by atoms with Crippen molar-refractivity contribution in [3.05, 3.63) is 76.8 Å². The molecule has 3 aromatic rings. The van der Waals surface area contributed by atoms with Gasteiger partial charge in [0.25, 0.3) is 5.91 Å². The molecule has 0 saturated carbocycles. The molecular weight excluding hydrogens is 482 g/mol. The van der Waals surface area contributed by atoms with Gasteiger partial charge in [-0.1, -0.05) is 80.6 Å². The number of aromatic nitrogens is 2. The molecule has 4 rings (SSSR count). The summed E-state index contributed by atoms with van der Waals surface area (Å²) in [5.41, 5.74) is 2.08. The number of carboxylic acids is 1. The van der Waals surface area contributed by atoms with Crippen LogP contribution >= 0.6 is 24.0 Å². The van der Waals surface area contributed by atoms with Gasteiger partial charge in [-0.25, -0.2) is 4.79 Å². The molecule has 0 spiro atoms. The summed E-state index contributed by atoms with van der Waals surface area (Å²) in [4.78, 5) is 26.9. The number of aliphatic carboxylic acids is 1. The van der Waals surface area contributed by atoms with Gasteiger partial charge in [-0.2, -0.15) is 9.78 Å². The molecule has 35 heavy (non-hydrogen) atoms. The van der Waals surface area contributed by atoms with Crippen molar-refractivity contribution in [2.75, 3.05) is 0 Å². The van der Waals surface area contributed by atoms with Crippen molar-refractivity contribution in [3.63, 3.8) is 0 Å². The first kappa shape index (κ1) is 24.7. The van der Waals surface area contributed by atoms with E-state index in [9.17, 15) is 14.7 Å². The number of hydrogen-bond donors (Lipinski definition) is 1. The predicted octanol–water partition coefficient (Wildman–Crippen LogP) is 5.67. The van der Waals surface area contributed by atoms with Gasteiger partial charge in [0.05, 0.1) is 21.8 Å². The van der Waals surface area contributed by atoms with Gasteiger partial charge >= 0.3 is 5.97 Å². The summed E-state index contributed by atoms with van der Waals surface area (Å²) in [5.74, 6) is -0.687. The SMILES string of the molecule is CCC(C)[C@@H](C(=O)O)N1C(=O)/C(=C/c2c(C)nn(-c3ccccc3)c2Oc2ccccc2)SC1=S. The number of para-hydroxylation sites is 2. The molecule has 7 nitrogen and oxygen atoms in total. The molecule has 2 heterocycles. The van der Waals surface area contributed by atoms with Crippen LogP contribution in [0.1, 0.15) is 31.5 Å². The van der Waals surface area contributed by atoms with E-state index in [4.69, 9.17) is 17.0 Å². The number of rotatable bonds is 8. The smallest absolute Gasteiger partial charge is 0.327 e. The highest BCUT2D eigenvalue weighted by molar-refractivity contribution is 8.26. The molecule has 1 N–H and O–H groups in total. The summed E-state index contributed by atoms with van der Waals surface area (Å²) in [6.07, 6.45) is 2.29. The molecule has 0 radical (unpaired) electrons. The first-order chi connectivity index (χ1) is 16.8. The van der Waals surface area contributed by atoms with E-state index in [-0.39, 0.29) is 10.2 Å². The number of aryl methyl sites for hydroxylation is 1. The average molecular weight is 508 g/mol. The molecule has 1 aliphatic rings. The highest BCUT2D eigenvalue weighted by atomic mass is 32.2. The van der Waals surface area contributed by atoms with Crippen molar-refractivity contribution in [1.29, 1.82) is 0 Å². The van der Waals surface area contributed by atoms with E-state index >= 15 is 0 Å². The van der Waals surface area contributed by atoms with Crippen LogP contribution in [0.25, 0.3) is 11.8 Å². The first-order valence-corrected chi connectivity index (χ1v) is 12.4. The Morgan fingerprint density at radius 2 is 1.80 bits per heavy atom. The van der Waals surface area contributed by atoms with E-state index in [1.807, 2.05) is 74.5 Å². The summed E-state index contributed by atoms with van der Waals surface area (Å²) < 4.78 is 8.17. The fourth-order valence-corrected chi connectivity index (χ4v) is 5.12.